The average molecular weight is 127 g/mol. The van der Waals surface area contributed by atoms with Gasteiger partial charge in [-0.3, -0.25) is 0 Å². The second-order valence-electron chi connectivity index (χ2n) is 1.91. The van der Waals surface area contributed by atoms with Crippen molar-refractivity contribution in [2.75, 3.05) is 7.05 Å². The molecule has 0 aliphatic carbocycles. The van der Waals surface area contributed by atoms with E-state index in [0.717, 1.165) is 9.68 Å². The van der Waals surface area contributed by atoms with Crippen molar-refractivity contribution in [1.29, 1.82) is 0 Å². The summed E-state index contributed by atoms with van der Waals surface area (Å²) in [4.78, 5) is 3.11. The molecule has 0 aromatic rings. The zero-order chi connectivity index (χ0) is 6.41. The van der Waals surface area contributed by atoms with Gasteiger partial charge < -0.3 is 4.98 Å². The fourth-order valence-corrected chi connectivity index (χ4v) is 1.07. The van der Waals surface area contributed by atoms with Crippen LogP contribution in [0.4, 0.5) is 0 Å². The summed E-state index contributed by atoms with van der Waals surface area (Å²) in [6.45, 7) is 4.25. The first-order chi connectivity index (χ1) is 3.77. The fraction of sp³-hybridized carbons (Fsp3) is 0.667. The highest BCUT2D eigenvalue weighted by atomic mass is 28.2. The quantitative estimate of drug-likeness (QED) is 0.341. The minimum absolute atomic E-state index is 0.881. The molecule has 0 atom stereocenters. The maximum absolute atomic E-state index is 3.11. The van der Waals surface area contributed by atoms with Gasteiger partial charge in [-0.15, -0.1) is 0 Å². The van der Waals surface area contributed by atoms with Crippen LogP contribution >= 0.6 is 0 Å². The SMILES string of the molecule is CN[Si]CC=C(C)C. The summed E-state index contributed by atoms with van der Waals surface area (Å²) in [6.07, 6.45) is 2.24. The summed E-state index contributed by atoms with van der Waals surface area (Å²) in [6, 6.07) is 1.18. The maximum Gasteiger partial charge on any atom is 0.142 e. The van der Waals surface area contributed by atoms with Gasteiger partial charge in [0.2, 0.25) is 0 Å². The first kappa shape index (κ1) is 7.92. The minimum Gasteiger partial charge on any atom is -0.342 e. The Bertz CT molecular complexity index is 74.6. The van der Waals surface area contributed by atoms with Gasteiger partial charge in [0.1, 0.15) is 9.68 Å². The van der Waals surface area contributed by atoms with E-state index >= 15 is 0 Å². The second kappa shape index (κ2) is 5.06. The molecule has 0 fully saturated rings. The molecule has 46 valence electrons. The van der Waals surface area contributed by atoms with E-state index in [4.69, 9.17) is 0 Å². The van der Waals surface area contributed by atoms with Crippen LogP contribution in [0.1, 0.15) is 13.8 Å². The Labute approximate surface area is 54.1 Å². The Balaban J connectivity index is 3.03. The standard InChI is InChI=1S/C6H13NSi/c1-6(2)4-5-8-7-3/h4,7H,5H2,1-3H3. The lowest BCUT2D eigenvalue weighted by atomic mass is 10.3. The third kappa shape index (κ3) is 5.92. The molecule has 1 N–H and O–H groups in total. The molecule has 0 saturated carbocycles. The normalized spacial score (nSPS) is 8.88. The molecule has 0 saturated heterocycles. The van der Waals surface area contributed by atoms with Crippen molar-refractivity contribution in [1.82, 2.24) is 4.98 Å². The van der Waals surface area contributed by atoms with Gasteiger partial charge in [-0.2, -0.15) is 0 Å². The van der Waals surface area contributed by atoms with Crippen molar-refractivity contribution in [3.8, 4) is 0 Å². The van der Waals surface area contributed by atoms with Crippen molar-refractivity contribution in [2.45, 2.75) is 19.9 Å². The lowest BCUT2D eigenvalue weighted by Gasteiger charge is -1.89. The Morgan fingerprint density at radius 1 is 1.62 bits per heavy atom. The van der Waals surface area contributed by atoms with Gasteiger partial charge >= 0.3 is 0 Å². The number of nitrogens with one attached hydrogen (secondary N) is 1. The van der Waals surface area contributed by atoms with Crippen LogP contribution in [0.2, 0.25) is 6.04 Å². The third-order valence-corrected chi connectivity index (χ3v) is 1.55. The Morgan fingerprint density at radius 3 is 2.62 bits per heavy atom. The maximum atomic E-state index is 3.11. The van der Waals surface area contributed by atoms with E-state index in [1.165, 1.54) is 11.6 Å². The van der Waals surface area contributed by atoms with E-state index < -0.39 is 0 Å². The zero-order valence-corrected chi connectivity index (χ0v) is 6.78. The summed E-state index contributed by atoms with van der Waals surface area (Å²) >= 11 is 0. The molecule has 0 amide bonds. The lowest BCUT2D eigenvalue weighted by molar-refractivity contribution is 1.22. The van der Waals surface area contributed by atoms with Crippen LogP contribution in [0.5, 0.6) is 0 Å². The molecule has 1 nitrogen and oxygen atoms in total. The van der Waals surface area contributed by atoms with Gasteiger partial charge in [-0.1, -0.05) is 11.6 Å². The highest BCUT2D eigenvalue weighted by Gasteiger charge is 1.79. The monoisotopic (exact) mass is 127 g/mol. The lowest BCUT2D eigenvalue weighted by Crippen LogP contribution is -2.10. The number of allylic oxidation sites excluding steroid dienone is 2. The van der Waals surface area contributed by atoms with Crippen molar-refractivity contribution in [3.05, 3.63) is 11.6 Å². The minimum atomic E-state index is 0.881. The predicted molar refractivity (Wildman–Crippen MR) is 39.1 cm³/mol. The zero-order valence-electron chi connectivity index (χ0n) is 5.78. The summed E-state index contributed by atoms with van der Waals surface area (Å²) in [5, 5.41) is 0. The molecule has 0 rings (SSSR count). The van der Waals surface area contributed by atoms with Crippen molar-refractivity contribution >= 4 is 9.68 Å². The van der Waals surface area contributed by atoms with Gasteiger partial charge in [0.05, 0.1) is 0 Å². The number of hydrogen-bond donors (Lipinski definition) is 1. The molecule has 0 aromatic heterocycles. The van der Waals surface area contributed by atoms with Crippen molar-refractivity contribution < 1.29 is 0 Å². The highest BCUT2D eigenvalue weighted by Crippen LogP contribution is 1.89. The Hall–Kier alpha value is -0.0831. The molecule has 0 aromatic carbocycles. The number of hydrogen-bond acceptors (Lipinski definition) is 1. The van der Waals surface area contributed by atoms with Crippen LogP contribution in [0.3, 0.4) is 0 Å². The van der Waals surface area contributed by atoms with Gasteiger partial charge in [0.25, 0.3) is 0 Å². The fourth-order valence-electron chi connectivity index (χ4n) is 0.357. The molecular weight excluding hydrogens is 114 g/mol. The van der Waals surface area contributed by atoms with E-state index in [1.807, 2.05) is 7.05 Å². The van der Waals surface area contributed by atoms with E-state index in [1.54, 1.807) is 0 Å². The summed E-state index contributed by atoms with van der Waals surface area (Å²) in [7, 11) is 2.86. The largest absolute Gasteiger partial charge is 0.342 e. The summed E-state index contributed by atoms with van der Waals surface area (Å²) in [5.74, 6) is 0. The van der Waals surface area contributed by atoms with Crippen LogP contribution in [-0.4, -0.2) is 16.7 Å². The first-order valence-corrected chi connectivity index (χ1v) is 4.01. The number of rotatable bonds is 3. The molecule has 0 bridgehead atoms. The molecule has 2 heteroatoms. The Morgan fingerprint density at radius 2 is 2.25 bits per heavy atom. The molecule has 8 heavy (non-hydrogen) atoms. The second-order valence-corrected chi connectivity index (χ2v) is 3.17. The molecule has 0 spiro atoms. The van der Waals surface area contributed by atoms with E-state index in [-0.39, 0.29) is 0 Å². The summed E-state index contributed by atoms with van der Waals surface area (Å²) < 4.78 is 0. The van der Waals surface area contributed by atoms with Gasteiger partial charge in [0.15, 0.2) is 0 Å². The Kier molecular flexibility index (Phi) is 5.01. The van der Waals surface area contributed by atoms with Gasteiger partial charge in [0, 0.05) is 0 Å². The van der Waals surface area contributed by atoms with Crippen molar-refractivity contribution in [2.24, 2.45) is 0 Å². The third-order valence-electron chi connectivity index (χ3n) is 0.789. The van der Waals surface area contributed by atoms with Crippen LogP contribution in [0.15, 0.2) is 11.6 Å². The smallest absolute Gasteiger partial charge is 0.142 e. The topological polar surface area (TPSA) is 12.0 Å². The molecule has 0 heterocycles. The van der Waals surface area contributed by atoms with Gasteiger partial charge in [-0.25, -0.2) is 0 Å². The molecular formula is C6H13NSi. The van der Waals surface area contributed by atoms with E-state index in [9.17, 15) is 0 Å². The highest BCUT2D eigenvalue weighted by molar-refractivity contribution is 6.32. The molecule has 2 radical (unpaired) electrons. The van der Waals surface area contributed by atoms with Crippen LogP contribution < -0.4 is 4.98 Å². The first-order valence-electron chi connectivity index (χ1n) is 2.80. The van der Waals surface area contributed by atoms with E-state index in [0.29, 0.717) is 0 Å². The van der Waals surface area contributed by atoms with Crippen LogP contribution in [0, 0.1) is 0 Å². The average Bonchev–Trinajstić information content (AvgIpc) is 1.66. The summed E-state index contributed by atoms with van der Waals surface area (Å²) in [5.41, 5.74) is 1.41. The van der Waals surface area contributed by atoms with Crippen molar-refractivity contribution in [3.63, 3.8) is 0 Å². The molecule has 0 unspecified atom stereocenters. The molecule has 0 aliphatic rings. The predicted octanol–water partition coefficient (Wildman–Crippen LogP) is 1.21. The van der Waals surface area contributed by atoms with Gasteiger partial charge in [-0.05, 0) is 26.9 Å². The van der Waals surface area contributed by atoms with Crippen LogP contribution in [0.25, 0.3) is 0 Å². The molecule has 0 aliphatic heterocycles. The van der Waals surface area contributed by atoms with Crippen LogP contribution in [-0.2, 0) is 0 Å². The van der Waals surface area contributed by atoms with E-state index in [2.05, 4.69) is 24.9 Å².